The molecule has 3 amide bonds. The Kier molecular flexibility index (Phi) is 10.4. The summed E-state index contributed by atoms with van der Waals surface area (Å²) in [5.41, 5.74) is 6.02. The van der Waals surface area contributed by atoms with Gasteiger partial charge < -0.3 is 31.5 Å². The van der Waals surface area contributed by atoms with Gasteiger partial charge in [-0.25, -0.2) is 4.79 Å². The van der Waals surface area contributed by atoms with Gasteiger partial charge in [-0.15, -0.1) is 0 Å². The van der Waals surface area contributed by atoms with E-state index in [0.29, 0.717) is 25.8 Å². The smallest absolute Gasteiger partial charge is 0.328 e. The van der Waals surface area contributed by atoms with Crippen molar-refractivity contribution in [3.8, 4) is 0 Å². The molecule has 10 heteroatoms. The number of nitrogens with one attached hydrogen (secondary N) is 2. The van der Waals surface area contributed by atoms with Gasteiger partial charge in [0.25, 0.3) is 0 Å². The highest BCUT2D eigenvalue weighted by Gasteiger charge is 2.38. The van der Waals surface area contributed by atoms with E-state index in [1.807, 2.05) is 27.7 Å². The Morgan fingerprint density at radius 1 is 1.03 bits per heavy atom. The highest BCUT2D eigenvalue weighted by atomic mass is 16.4. The number of nitrogens with zero attached hydrogens (tertiary/aromatic N) is 1. The quantitative estimate of drug-likeness (QED) is 0.297. The third kappa shape index (κ3) is 8.10. The molecule has 0 spiro atoms. The van der Waals surface area contributed by atoms with Crippen LogP contribution in [0.1, 0.15) is 60.3 Å². The maximum atomic E-state index is 13.0. The van der Waals surface area contributed by atoms with Gasteiger partial charge in [0.2, 0.25) is 17.7 Å². The molecule has 0 saturated carbocycles. The van der Waals surface area contributed by atoms with Gasteiger partial charge in [0.15, 0.2) is 6.04 Å². The van der Waals surface area contributed by atoms with Crippen LogP contribution in [0.3, 0.4) is 0 Å². The minimum atomic E-state index is -1.49. The van der Waals surface area contributed by atoms with E-state index in [9.17, 15) is 29.4 Å². The molecule has 0 aliphatic carbocycles. The molecule has 1 aliphatic rings. The van der Waals surface area contributed by atoms with Crippen molar-refractivity contribution in [3.63, 3.8) is 0 Å². The molecule has 1 heterocycles. The van der Waals surface area contributed by atoms with Crippen LogP contribution in [-0.2, 0) is 19.2 Å². The lowest BCUT2D eigenvalue weighted by molar-refractivity contribution is -0.145. The maximum absolute atomic E-state index is 13.0. The summed E-state index contributed by atoms with van der Waals surface area (Å²) in [6.45, 7) is 9.35. The van der Waals surface area contributed by atoms with Crippen molar-refractivity contribution in [1.29, 1.82) is 0 Å². The predicted molar refractivity (Wildman–Crippen MR) is 115 cm³/mol. The van der Waals surface area contributed by atoms with Crippen molar-refractivity contribution in [2.24, 2.45) is 17.6 Å². The standard InChI is InChI=1S/C21H38N4O6/c1-11(2)9-14(22)20(29)25-8-6-7-16(25)19(28)23-15(10-12(3)4)18(27)24-17(13(5)26)21(30)31/h11-17,26H,6-10,22H2,1-5H3,(H,23,28)(H,24,27)(H,30,31)/t13-,14+,15+,16+,17+/m1/s1. The second-order valence-corrected chi connectivity index (χ2v) is 9.18. The molecular weight excluding hydrogens is 404 g/mol. The molecular formula is C21H38N4O6. The molecule has 1 fully saturated rings. The van der Waals surface area contributed by atoms with Crippen LogP contribution in [0.5, 0.6) is 0 Å². The van der Waals surface area contributed by atoms with Crippen molar-refractivity contribution in [2.45, 2.75) is 90.6 Å². The number of carbonyl (C=O) groups excluding carboxylic acids is 3. The molecule has 0 radical (unpaired) electrons. The molecule has 178 valence electrons. The minimum Gasteiger partial charge on any atom is -0.480 e. The van der Waals surface area contributed by atoms with E-state index in [0.717, 1.165) is 0 Å². The summed E-state index contributed by atoms with van der Waals surface area (Å²) in [5, 5.41) is 23.8. The number of carboxylic acid groups (broad SMARTS) is 1. The van der Waals surface area contributed by atoms with E-state index in [1.165, 1.54) is 11.8 Å². The summed E-state index contributed by atoms with van der Waals surface area (Å²) in [6, 6.07) is -3.89. The van der Waals surface area contributed by atoms with Crippen LogP contribution in [0.2, 0.25) is 0 Å². The number of hydrogen-bond donors (Lipinski definition) is 5. The Labute approximate surface area is 183 Å². The van der Waals surface area contributed by atoms with Crippen LogP contribution in [-0.4, -0.2) is 75.6 Å². The van der Waals surface area contributed by atoms with Crippen LogP contribution >= 0.6 is 0 Å². The fourth-order valence-electron chi connectivity index (χ4n) is 3.74. The predicted octanol–water partition coefficient (Wildman–Crippen LogP) is -0.168. The second-order valence-electron chi connectivity index (χ2n) is 9.18. The maximum Gasteiger partial charge on any atom is 0.328 e. The van der Waals surface area contributed by atoms with Crippen LogP contribution < -0.4 is 16.4 Å². The zero-order valence-corrected chi connectivity index (χ0v) is 19.1. The van der Waals surface area contributed by atoms with E-state index in [4.69, 9.17) is 5.73 Å². The Bertz CT molecular complexity index is 652. The van der Waals surface area contributed by atoms with Crippen molar-refractivity contribution >= 4 is 23.7 Å². The third-order valence-electron chi connectivity index (χ3n) is 5.27. The van der Waals surface area contributed by atoms with Crippen molar-refractivity contribution in [3.05, 3.63) is 0 Å². The molecule has 6 N–H and O–H groups in total. The number of amides is 3. The molecule has 31 heavy (non-hydrogen) atoms. The third-order valence-corrected chi connectivity index (χ3v) is 5.27. The average molecular weight is 443 g/mol. The zero-order chi connectivity index (χ0) is 23.9. The molecule has 0 aromatic rings. The number of nitrogens with two attached hydrogens (primary N) is 1. The first-order chi connectivity index (χ1) is 14.3. The van der Waals surface area contributed by atoms with E-state index in [-0.39, 0.29) is 24.2 Å². The lowest BCUT2D eigenvalue weighted by Crippen LogP contribution is -2.58. The van der Waals surface area contributed by atoms with Gasteiger partial charge in [0.05, 0.1) is 12.1 Å². The molecule has 1 saturated heterocycles. The van der Waals surface area contributed by atoms with Gasteiger partial charge in [0.1, 0.15) is 12.1 Å². The summed E-state index contributed by atoms with van der Waals surface area (Å²) in [4.78, 5) is 51.2. The van der Waals surface area contributed by atoms with E-state index in [1.54, 1.807) is 0 Å². The molecule has 0 bridgehead atoms. The van der Waals surface area contributed by atoms with Gasteiger partial charge in [-0.3, -0.25) is 14.4 Å². The summed E-state index contributed by atoms with van der Waals surface area (Å²) >= 11 is 0. The zero-order valence-electron chi connectivity index (χ0n) is 19.1. The fourth-order valence-corrected chi connectivity index (χ4v) is 3.74. The Hall–Kier alpha value is -2.20. The SMILES string of the molecule is CC(C)C[C@H](NC(=O)[C@@H]1CCCN1C(=O)[C@@H](N)CC(C)C)C(=O)N[C@H](C(=O)O)[C@@H](C)O. The number of likely N-dealkylation sites (tertiary alicyclic amines) is 1. The van der Waals surface area contributed by atoms with Crippen molar-refractivity contribution < 1.29 is 29.4 Å². The topological polar surface area (TPSA) is 162 Å². The number of hydrogen-bond acceptors (Lipinski definition) is 6. The molecule has 1 aliphatic heterocycles. The number of aliphatic hydroxyl groups is 1. The van der Waals surface area contributed by atoms with E-state index >= 15 is 0 Å². The normalized spacial score (nSPS) is 20.3. The van der Waals surface area contributed by atoms with Crippen LogP contribution in [0.4, 0.5) is 0 Å². The van der Waals surface area contributed by atoms with E-state index < -0.39 is 48.1 Å². The number of rotatable bonds is 11. The summed E-state index contributed by atoms with van der Waals surface area (Å²) in [5.74, 6) is -2.54. The lowest BCUT2D eigenvalue weighted by atomic mass is 10.0. The van der Waals surface area contributed by atoms with Gasteiger partial charge >= 0.3 is 5.97 Å². The monoisotopic (exact) mass is 442 g/mol. The molecule has 1 rings (SSSR count). The molecule has 0 aromatic carbocycles. The molecule has 5 atom stereocenters. The summed E-state index contributed by atoms with van der Waals surface area (Å²) in [7, 11) is 0. The Balaban J connectivity index is 2.91. The van der Waals surface area contributed by atoms with Crippen molar-refractivity contribution in [2.75, 3.05) is 6.54 Å². The molecule has 10 nitrogen and oxygen atoms in total. The first kappa shape index (κ1) is 26.8. The van der Waals surface area contributed by atoms with Crippen LogP contribution in [0.25, 0.3) is 0 Å². The minimum absolute atomic E-state index is 0.0339. The van der Waals surface area contributed by atoms with Gasteiger partial charge in [-0.05, 0) is 44.4 Å². The number of carbonyl (C=O) groups is 4. The molecule has 0 aromatic heterocycles. The van der Waals surface area contributed by atoms with Gasteiger partial charge in [-0.2, -0.15) is 0 Å². The first-order valence-electron chi connectivity index (χ1n) is 10.9. The van der Waals surface area contributed by atoms with Gasteiger partial charge in [-0.1, -0.05) is 27.7 Å². The largest absolute Gasteiger partial charge is 0.480 e. The molecule has 0 unspecified atom stereocenters. The summed E-state index contributed by atoms with van der Waals surface area (Å²) in [6.07, 6.45) is 0.604. The Morgan fingerprint density at radius 2 is 1.61 bits per heavy atom. The fraction of sp³-hybridized carbons (Fsp3) is 0.810. The van der Waals surface area contributed by atoms with Crippen LogP contribution in [0.15, 0.2) is 0 Å². The number of aliphatic hydroxyl groups excluding tert-OH is 1. The highest BCUT2D eigenvalue weighted by molar-refractivity contribution is 5.94. The first-order valence-corrected chi connectivity index (χ1v) is 10.9. The highest BCUT2D eigenvalue weighted by Crippen LogP contribution is 2.20. The van der Waals surface area contributed by atoms with Gasteiger partial charge in [0, 0.05) is 6.54 Å². The average Bonchev–Trinajstić information content (AvgIpc) is 3.12. The lowest BCUT2D eigenvalue weighted by Gasteiger charge is -2.29. The summed E-state index contributed by atoms with van der Waals surface area (Å²) < 4.78 is 0. The van der Waals surface area contributed by atoms with E-state index in [2.05, 4.69) is 10.6 Å². The Morgan fingerprint density at radius 3 is 2.10 bits per heavy atom. The van der Waals surface area contributed by atoms with Crippen molar-refractivity contribution in [1.82, 2.24) is 15.5 Å². The second kappa shape index (κ2) is 12.0. The van der Waals surface area contributed by atoms with Crippen LogP contribution in [0, 0.1) is 11.8 Å². The number of aliphatic carboxylic acids is 1. The number of carboxylic acids is 1.